The van der Waals surface area contributed by atoms with Gasteiger partial charge in [0.15, 0.2) is 0 Å². The van der Waals surface area contributed by atoms with E-state index in [1.54, 1.807) is 30.3 Å². The van der Waals surface area contributed by atoms with Crippen LogP contribution in [0, 0.1) is 0 Å². The molecule has 150 valence electrons. The number of carbonyl (C=O) groups is 1. The molecular formula is C22H22N2O4S. The molecule has 1 aliphatic rings. The molecule has 1 amide bonds. The van der Waals surface area contributed by atoms with E-state index in [2.05, 4.69) is 5.32 Å². The summed E-state index contributed by atoms with van der Waals surface area (Å²) in [5, 5.41) is 2.83. The number of aryl methyl sites for hydroxylation is 2. The van der Waals surface area contributed by atoms with Crippen LogP contribution in [0.3, 0.4) is 0 Å². The molecule has 0 saturated carbocycles. The van der Waals surface area contributed by atoms with Crippen molar-refractivity contribution in [2.75, 3.05) is 11.9 Å². The maximum atomic E-state index is 13.1. The van der Waals surface area contributed by atoms with E-state index in [1.165, 1.54) is 29.5 Å². The van der Waals surface area contributed by atoms with Crippen LogP contribution < -0.4 is 5.32 Å². The summed E-state index contributed by atoms with van der Waals surface area (Å²) >= 11 is 0. The highest BCUT2D eigenvalue weighted by Gasteiger charge is 2.27. The fourth-order valence-electron chi connectivity index (χ4n) is 3.55. The minimum absolute atomic E-state index is 0.0260. The van der Waals surface area contributed by atoms with Crippen LogP contribution in [0.5, 0.6) is 0 Å². The molecular weight excluding hydrogens is 388 g/mol. The SMILES string of the molecule is O=C(CN(Cc1ccco1)S(=O)(=O)c1ccccc1)Nc1ccc2c(c1)CCC2. The zero-order valence-electron chi connectivity index (χ0n) is 15.9. The Morgan fingerprint density at radius 3 is 2.55 bits per heavy atom. The second-order valence-electron chi connectivity index (χ2n) is 7.05. The molecule has 7 heteroatoms. The number of nitrogens with one attached hydrogen (secondary N) is 1. The number of amides is 1. The van der Waals surface area contributed by atoms with Crippen LogP contribution in [-0.4, -0.2) is 25.2 Å². The normalized spacial score (nSPS) is 13.4. The summed E-state index contributed by atoms with van der Waals surface area (Å²) in [6.45, 7) is -0.336. The average molecular weight is 410 g/mol. The number of rotatable bonds is 7. The number of benzene rings is 2. The molecule has 0 fully saturated rings. The Labute approximate surface area is 170 Å². The molecule has 0 aliphatic heterocycles. The first-order chi connectivity index (χ1) is 14.0. The van der Waals surface area contributed by atoms with E-state index in [1.807, 2.05) is 18.2 Å². The summed E-state index contributed by atoms with van der Waals surface area (Å²) in [6, 6.07) is 17.3. The van der Waals surface area contributed by atoms with Crippen LogP contribution in [0.15, 0.2) is 76.2 Å². The summed E-state index contributed by atoms with van der Waals surface area (Å²) < 4.78 is 32.6. The average Bonchev–Trinajstić information content (AvgIpc) is 3.39. The van der Waals surface area contributed by atoms with Crippen LogP contribution in [0.25, 0.3) is 0 Å². The largest absolute Gasteiger partial charge is 0.468 e. The minimum Gasteiger partial charge on any atom is -0.468 e. The molecule has 1 heterocycles. The minimum atomic E-state index is -3.86. The van der Waals surface area contributed by atoms with Gasteiger partial charge in [0.25, 0.3) is 0 Å². The van der Waals surface area contributed by atoms with Gasteiger partial charge in [0.05, 0.1) is 24.2 Å². The maximum Gasteiger partial charge on any atom is 0.243 e. The topological polar surface area (TPSA) is 79.6 Å². The Morgan fingerprint density at radius 1 is 1.00 bits per heavy atom. The monoisotopic (exact) mass is 410 g/mol. The van der Waals surface area contributed by atoms with Crippen molar-refractivity contribution >= 4 is 21.6 Å². The zero-order chi connectivity index (χ0) is 20.3. The number of carbonyl (C=O) groups excluding carboxylic acids is 1. The fraction of sp³-hybridized carbons (Fsp3) is 0.227. The second-order valence-corrected chi connectivity index (χ2v) is 8.99. The third-order valence-corrected chi connectivity index (χ3v) is 6.80. The van der Waals surface area contributed by atoms with Gasteiger partial charge < -0.3 is 9.73 Å². The van der Waals surface area contributed by atoms with Crippen LogP contribution in [0.2, 0.25) is 0 Å². The second kappa shape index (κ2) is 8.23. The Morgan fingerprint density at radius 2 is 1.79 bits per heavy atom. The van der Waals surface area contributed by atoms with Crippen LogP contribution >= 0.6 is 0 Å². The molecule has 0 atom stereocenters. The van der Waals surface area contributed by atoms with E-state index < -0.39 is 15.9 Å². The van der Waals surface area contributed by atoms with Gasteiger partial charge in [-0.25, -0.2) is 8.42 Å². The number of hydrogen-bond acceptors (Lipinski definition) is 4. The molecule has 1 aromatic heterocycles. The first-order valence-corrected chi connectivity index (χ1v) is 11.0. The number of hydrogen-bond donors (Lipinski definition) is 1. The molecule has 1 N–H and O–H groups in total. The van der Waals surface area contributed by atoms with E-state index in [-0.39, 0.29) is 18.0 Å². The summed E-state index contributed by atoms with van der Waals surface area (Å²) in [4.78, 5) is 12.8. The quantitative estimate of drug-likeness (QED) is 0.645. The van der Waals surface area contributed by atoms with E-state index in [4.69, 9.17) is 4.42 Å². The van der Waals surface area contributed by atoms with Gasteiger partial charge >= 0.3 is 0 Å². The van der Waals surface area contributed by atoms with Crippen LogP contribution in [-0.2, 0) is 34.2 Å². The maximum absolute atomic E-state index is 13.1. The lowest BCUT2D eigenvalue weighted by Crippen LogP contribution is -2.37. The molecule has 0 radical (unpaired) electrons. The molecule has 6 nitrogen and oxygen atoms in total. The smallest absolute Gasteiger partial charge is 0.243 e. The van der Waals surface area contributed by atoms with Crippen molar-refractivity contribution in [2.45, 2.75) is 30.7 Å². The standard InChI is InChI=1S/C22H22N2O4S/c25-22(23-19-12-11-17-6-4-7-18(17)14-19)16-24(15-20-8-5-13-28-20)29(26,27)21-9-2-1-3-10-21/h1-3,5,8-14H,4,6-7,15-16H2,(H,23,25). The van der Waals surface area contributed by atoms with E-state index in [0.717, 1.165) is 23.6 Å². The Bertz CT molecular complexity index is 1090. The van der Waals surface area contributed by atoms with E-state index in [0.29, 0.717) is 11.4 Å². The molecule has 0 bridgehead atoms. The lowest BCUT2D eigenvalue weighted by molar-refractivity contribution is -0.116. The van der Waals surface area contributed by atoms with Crippen molar-refractivity contribution in [2.24, 2.45) is 0 Å². The lowest BCUT2D eigenvalue weighted by Gasteiger charge is -2.21. The highest BCUT2D eigenvalue weighted by molar-refractivity contribution is 7.89. The molecule has 0 unspecified atom stereocenters. The van der Waals surface area contributed by atoms with Crippen molar-refractivity contribution in [3.63, 3.8) is 0 Å². The third kappa shape index (κ3) is 4.41. The van der Waals surface area contributed by atoms with E-state index in [9.17, 15) is 13.2 Å². The van der Waals surface area contributed by atoms with Crippen molar-refractivity contribution in [1.82, 2.24) is 4.31 Å². The predicted molar refractivity (Wildman–Crippen MR) is 110 cm³/mol. The van der Waals surface area contributed by atoms with Crippen molar-refractivity contribution in [3.05, 3.63) is 83.8 Å². The molecule has 0 saturated heterocycles. The van der Waals surface area contributed by atoms with Crippen LogP contribution in [0.4, 0.5) is 5.69 Å². The van der Waals surface area contributed by atoms with Crippen molar-refractivity contribution < 1.29 is 17.6 Å². The van der Waals surface area contributed by atoms with Gasteiger partial charge in [0.1, 0.15) is 5.76 Å². The van der Waals surface area contributed by atoms with Crippen LogP contribution in [0.1, 0.15) is 23.3 Å². The summed E-state index contributed by atoms with van der Waals surface area (Å²) in [5.41, 5.74) is 3.24. The molecule has 3 aromatic rings. The lowest BCUT2D eigenvalue weighted by atomic mass is 10.1. The van der Waals surface area contributed by atoms with E-state index >= 15 is 0 Å². The van der Waals surface area contributed by atoms with Crippen molar-refractivity contribution in [3.8, 4) is 0 Å². The third-order valence-electron chi connectivity index (χ3n) is 5.00. The Kier molecular flexibility index (Phi) is 5.51. The van der Waals surface area contributed by atoms with Gasteiger partial charge in [-0.2, -0.15) is 4.31 Å². The summed E-state index contributed by atoms with van der Waals surface area (Å²) in [5.74, 6) is 0.0730. The Balaban J connectivity index is 1.54. The first-order valence-electron chi connectivity index (χ1n) is 9.51. The molecule has 4 rings (SSSR count). The molecule has 2 aromatic carbocycles. The predicted octanol–water partition coefficient (Wildman–Crippen LogP) is 3.60. The number of anilines is 1. The molecule has 29 heavy (non-hydrogen) atoms. The van der Waals surface area contributed by atoms with Crippen molar-refractivity contribution in [1.29, 1.82) is 0 Å². The van der Waals surface area contributed by atoms with Gasteiger partial charge in [-0.05, 0) is 66.8 Å². The number of sulfonamides is 1. The van der Waals surface area contributed by atoms with Gasteiger partial charge in [-0.1, -0.05) is 24.3 Å². The van der Waals surface area contributed by atoms with Gasteiger partial charge in [-0.3, -0.25) is 4.79 Å². The molecule has 1 aliphatic carbocycles. The van der Waals surface area contributed by atoms with Gasteiger partial charge in [0.2, 0.25) is 15.9 Å². The highest BCUT2D eigenvalue weighted by atomic mass is 32.2. The fourth-order valence-corrected chi connectivity index (χ4v) is 4.94. The van der Waals surface area contributed by atoms with Gasteiger partial charge in [0, 0.05) is 5.69 Å². The molecule has 0 spiro atoms. The Hall–Kier alpha value is -2.90. The zero-order valence-corrected chi connectivity index (χ0v) is 16.7. The summed E-state index contributed by atoms with van der Waals surface area (Å²) in [7, 11) is -3.86. The summed E-state index contributed by atoms with van der Waals surface area (Å²) in [6.07, 6.45) is 4.67. The van der Waals surface area contributed by atoms with Gasteiger partial charge in [-0.15, -0.1) is 0 Å². The number of furan rings is 1. The highest BCUT2D eigenvalue weighted by Crippen LogP contribution is 2.25. The first kappa shape index (κ1) is 19.4. The number of nitrogens with zero attached hydrogens (tertiary/aromatic N) is 1. The number of fused-ring (bicyclic) bond motifs is 1.